The molecule has 0 aromatic carbocycles. The van der Waals surface area contributed by atoms with Crippen LogP contribution in [0.3, 0.4) is 0 Å². The van der Waals surface area contributed by atoms with E-state index in [0.29, 0.717) is 29.4 Å². The molecule has 3 heterocycles. The summed E-state index contributed by atoms with van der Waals surface area (Å²) in [6, 6.07) is 1.64. The molecule has 4 rings (SSSR count). The van der Waals surface area contributed by atoms with Crippen molar-refractivity contribution >= 4 is 27.5 Å². The summed E-state index contributed by atoms with van der Waals surface area (Å²) < 4.78 is 2.88. The SMILES string of the molecule is CCn1nccc1C(=O)Nn1c(C)nc2sc3c(c2c1=O)CCC(C(C)(C)C)C3. The van der Waals surface area contributed by atoms with Gasteiger partial charge in [-0.1, -0.05) is 20.8 Å². The van der Waals surface area contributed by atoms with Gasteiger partial charge in [-0.25, -0.2) is 9.66 Å². The molecular formula is C21H27N5O2S. The molecule has 0 aliphatic heterocycles. The zero-order valence-corrected chi connectivity index (χ0v) is 18.4. The van der Waals surface area contributed by atoms with Crippen molar-refractivity contribution < 1.29 is 4.79 Å². The van der Waals surface area contributed by atoms with Crippen molar-refractivity contribution in [2.24, 2.45) is 11.3 Å². The van der Waals surface area contributed by atoms with Crippen molar-refractivity contribution in [3.8, 4) is 0 Å². The fourth-order valence-corrected chi connectivity index (χ4v) is 5.47. The van der Waals surface area contributed by atoms with Crippen LogP contribution in [0.2, 0.25) is 0 Å². The molecule has 1 aliphatic rings. The van der Waals surface area contributed by atoms with Gasteiger partial charge in [-0.15, -0.1) is 11.3 Å². The number of hydrogen-bond donors (Lipinski definition) is 1. The Hall–Kier alpha value is -2.48. The van der Waals surface area contributed by atoms with Gasteiger partial charge >= 0.3 is 0 Å². The van der Waals surface area contributed by atoms with E-state index in [-0.39, 0.29) is 16.9 Å². The lowest BCUT2D eigenvalue weighted by Gasteiger charge is -2.33. The molecule has 1 N–H and O–H groups in total. The molecular weight excluding hydrogens is 386 g/mol. The fourth-order valence-electron chi connectivity index (χ4n) is 4.13. The smallest absolute Gasteiger partial charge is 0.267 e. The number of carbonyl (C=O) groups excluding carboxylic acids is 1. The molecule has 0 spiro atoms. The van der Waals surface area contributed by atoms with E-state index in [4.69, 9.17) is 0 Å². The van der Waals surface area contributed by atoms with Gasteiger partial charge in [-0.05, 0) is 56.1 Å². The standard InChI is InChI=1S/C21H27N5O2S/c1-6-25-15(9-10-22-25)18(27)24-26-12(2)23-19-17(20(26)28)14-8-7-13(21(3,4)5)11-16(14)29-19/h9-10,13H,6-8,11H2,1-5H3,(H,24,27). The van der Waals surface area contributed by atoms with Gasteiger partial charge in [0.25, 0.3) is 11.5 Å². The summed E-state index contributed by atoms with van der Waals surface area (Å²) >= 11 is 1.63. The summed E-state index contributed by atoms with van der Waals surface area (Å²) in [7, 11) is 0. The van der Waals surface area contributed by atoms with E-state index in [9.17, 15) is 9.59 Å². The van der Waals surface area contributed by atoms with E-state index >= 15 is 0 Å². The van der Waals surface area contributed by atoms with Crippen molar-refractivity contribution in [1.82, 2.24) is 19.4 Å². The van der Waals surface area contributed by atoms with E-state index < -0.39 is 0 Å². The molecule has 3 aromatic rings. The summed E-state index contributed by atoms with van der Waals surface area (Å²) in [6.07, 6.45) is 4.52. The average Bonchev–Trinajstić information content (AvgIpc) is 3.27. The minimum atomic E-state index is -0.368. The molecule has 1 aliphatic carbocycles. The van der Waals surface area contributed by atoms with Crippen LogP contribution < -0.4 is 11.0 Å². The zero-order valence-electron chi connectivity index (χ0n) is 17.6. The Labute approximate surface area is 173 Å². The van der Waals surface area contributed by atoms with Crippen LogP contribution in [-0.4, -0.2) is 25.3 Å². The third kappa shape index (κ3) is 3.39. The number of aryl methyl sites for hydroxylation is 3. The lowest BCUT2D eigenvalue weighted by atomic mass is 9.72. The van der Waals surface area contributed by atoms with Gasteiger partial charge in [0.2, 0.25) is 0 Å². The summed E-state index contributed by atoms with van der Waals surface area (Å²) in [4.78, 5) is 32.7. The van der Waals surface area contributed by atoms with Gasteiger partial charge in [0.15, 0.2) is 0 Å². The van der Waals surface area contributed by atoms with Gasteiger partial charge in [-0.3, -0.25) is 19.7 Å². The van der Waals surface area contributed by atoms with Crippen molar-refractivity contribution in [2.45, 2.75) is 60.4 Å². The van der Waals surface area contributed by atoms with Crippen molar-refractivity contribution in [2.75, 3.05) is 5.43 Å². The van der Waals surface area contributed by atoms with E-state index in [1.54, 1.807) is 35.2 Å². The summed E-state index contributed by atoms with van der Waals surface area (Å²) in [6.45, 7) is 11.1. The Morgan fingerprint density at radius 2 is 2.14 bits per heavy atom. The van der Waals surface area contributed by atoms with Gasteiger partial charge in [-0.2, -0.15) is 5.10 Å². The Bertz CT molecular complexity index is 1150. The highest BCUT2D eigenvalue weighted by molar-refractivity contribution is 7.18. The minimum absolute atomic E-state index is 0.199. The van der Waals surface area contributed by atoms with Crippen LogP contribution >= 0.6 is 11.3 Å². The third-order valence-electron chi connectivity index (χ3n) is 5.94. The van der Waals surface area contributed by atoms with Gasteiger partial charge in [0.05, 0.1) is 5.39 Å². The molecule has 7 nitrogen and oxygen atoms in total. The monoisotopic (exact) mass is 413 g/mol. The predicted octanol–water partition coefficient (Wildman–Crippen LogP) is 3.52. The van der Waals surface area contributed by atoms with Crippen molar-refractivity contribution in [1.29, 1.82) is 0 Å². The number of carbonyl (C=O) groups is 1. The maximum atomic E-state index is 13.3. The Morgan fingerprint density at radius 1 is 1.38 bits per heavy atom. The highest BCUT2D eigenvalue weighted by atomic mass is 32.1. The molecule has 1 unspecified atom stereocenters. The number of hydrogen-bond acceptors (Lipinski definition) is 5. The quantitative estimate of drug-likeness (QED) is 0.712. The molecule has 0 saturated carbocycles. The molecule has 0 bridgehead atoms. The lowest BCUT2D eigenvalue weighted by molar-refractivity contribution is 0.0996. The number of rotatable bonds is 3. The van der Waals surface area contributed by atoms with E-state index in [0.717, 1.165) is 29.7 Å². The number of thiophene rings is 1. The second-order valence-corrected chi connectivity index (χ2v) is 9.85. The number of nitrogens with one attached hydrogen (secondary N) is 1. The second-order valence-electron chi connectivity index (χ2n) is 8.76. The molecule has 0 fully saturated rings. The molecule has 8 heteroatoms. The van der Waals surface area contributed by atoms with E-state index in [2.05, 4.69) is 36.3 Å². The van der Waals surface area contributed by atoms with Crippen LogP contribution in [0.15, 0.2) is 17.1 Å². The fraction of sp³-hybridized carbons (Fsp3) is 0.524. The van der Waals surface area contributed by atoms with E-state index in [1.165, 1.54) is 9.55 Å². The van der Waals surface area contributed by atoms with Gasteiger partial charge < -0.3 is 0 Å². The normalized spacial score (nSPS) is 16.8. The highest BCUT2D eigenvalue weighted by Crippen LogP contribution is 2.42. The minimum Gasteiger partial charge on any atom is -0.267 e. The first kappa shape index (κ1) is 19.8. The molecule has 0 radical (unpaired) electrons. The summed E-state index contributed by atoms with van der Waals surface area (Å²) in [5.41, 5.74) is 4.30. The summed E-state index contributed by atoms with van der Waals surface area (Å²) in [5.74, 6) is 0.706. The summed E-state index contributed by atoms with van der Waals surface area (Å²) in [5, 5.41) is 4.78. The van der Waals surface area contributed by atoms with Gasteiger partial charge in [0, 0.05) is 17.6 Å². The predicted molar refractivity (Wildman–Crippen MR) is 115 cm³/mol. The molecule has 0 saturated heterocycles. The number of aromatic nitrogens is 4. The van der Waals surface area contributed by atoms with Crippen LogP contribution in [-0.2, 0) is 19.4 Å². The Balaban J connectivity index is 1.74. The second kappa shape index (κ2) is 7.09. The molecule has 29 heavy (non-hydrogen) atoms. The van der Waals surface area contributed by atoms with Crippen molar-refractivity contribution in [3.05, 3.63) is 44.6 Å². The zero-order chi connectivity index (χ0) is 20.9. The first-order chi connectivity index (χ1) is 13.7. The molecule has 154 valence electrons. The van der Waals surface area contributed by atoms with E-state index in [1.807, 2.05) is 6.92 Å². The number of fused-ring (bicyclic) bond motifs is 3. The Kier molecular flexibility index (Phi) is 4.85. The first-order valence-corrected chi connectivity index (χ1v) is 10.9. The molecule has 1 atom stereocenters. The lowest BCUT2D eigenvalue weighted by Crippen LogP contribution is -2.36. The Morgan fingerprint density at radius 3 is 2.83 bits per heavy atom. The van der Waals surface area contributed by atoms with Crippen LogP contribution in [0.25, 0.3) is 10.2 Å². The van der Waals surface area contributed by atoms with Crippen LogP contribution in [0.5, 0.6) is 0 Å². The number of amides is 1. The number of nitrogens with zero attached hydrogens (tertiary/aromatic N) is 4. The first-order valence-electron chi connectivity index (χ1n) is 10.1. The topological polar surface area (TPSA) is 81.8 Å². The molecule has 3 aromatic heterocycles. The third-order valence-corrected chi connectivity index (χ3v) is 7.09. The van der Waals surface area contributed by atoms with Gasteiger partial charge in [0.1, 0.15) is 16.3 Å². The molecule has 1 amide bonds. The van der Waals surface area contributed by atoms with Crippen LogP contribution in [0, 0.1) is 18.3 Å². The van der Waals surface area contributed by atoms with Crippen molar-refractivity contribution in [3.63, 3.8) is 0 Å². The van der Waals surface area contributed by atoms with Crippen LogP contribution in [0.4, 0.5) is 0 Å². The van der Waals surface area contributed by atoms with Crippen LogP contribution in [0.1, 0.15) is 60.9 Å². The maximum absolute atomic E-state index is 13.3. The largest absolute Gasteiger partial charge is 0.288 e. The maximum Gasteiger partial charge on any atom is 0.288 e. The highest BCUT2D eigenvalue weighted by Gasteiger charge is 2.32. The average molecular weight is 414 g/mol.